The van der Waals surface area contributed by atoms with Crippen molar-refractivity contribution in [2.75, 3.05) is 5.73 Å². The van der Waals surface area contributed by atoms with Crippen molar-refractivity contribution in [2.45, 2.75) is 38.9 Å². The van der Waals surface area contributed by atoms with E-state index in [1.807, 2.05) is 39.8 Å². The highest BCUT2D eigenvalue weighted by Crippen LogP contribution is 2.36. The SMILES string of the molecule is CC1(C)OB(c2cc(N)c3nccnc3c2)OC1(C)C. The van der Waals surface area contributed by atoms with Crippen LogP contribution in [0.1, 0.15) is 27.7 Å². The minimum Gasteiger partial charge on any atom is -0.399 e. The van der Waals surface area contributed by atoms with Crippen molar-refractivity contribution in [1.82, 2.24) is 9.97 Å². The number of anilines is 1. The van der Waals surface area contributed by atoms with Crippen molar-refractivity contribution in [3.63, 3.8) is 0 Å². The molecule has 1 aliphatic heterocycles. The maximum atomic E-state index is 6.05. The van der Waals surface area contributed by atoms with Crippen molar-refractivity contribution in [1.29, 1.82) is 0 Å². The summed E-state index contributed by atoms with van der Waals surface area (Å²) < 4.78 is 12.1. The van der Waals surface area contributed by atoms with Crippen LogP contribution in [0, 0.1) is 0 Å². The van der Waals surface area contributed by atoms with Crippen molar-refractivity contribution < 1.29 is 9.31 Å². The van der Waals surface area contributed by atoms with E-state index in [1.165, 1.54) is 0 Å². The molecule has 1 fully saturated rings. The maximum Gasteiger partial charge on any atom is 0.494 e. The Morgan fingerprint density at radius 1 is 1.00 bits per heavy atom. The highest BCUT2D eigenvalue weighted by molar-refractivity contribution is 6.62. The fourth-order valence-corrected chi connectivity index (χ4v) is 2.24. The molecular formula is C14H18BN3O2. The smallest absolute Gasteiger partial charge is 0.399 e. The number of fused-ring (bicyclic) bond motifs is 1. The third kappa shape index (κ3) is 1.96. The molecule has 6 heteroatoms. The summed E-state index contributed by atoms with van der Waals surface area (Å²) in [6.07, 6.45) is 3.28. The molecule has 104 valence electrons. The highest BCUT2D eigenvalue weighted by Gasteiger charge is 2.51. The lowest BCUT2D eigenvalue weighted by molar-refractivity contribution is 0.00578. The Kier molecular flexibility index (Phi) is 2.78. The van der Waals surface area contributed by atoms with E-state index in [0.29, 0.717) is 11.2 Å². The number of benzene rings is 1. The van der Waals surface area contributed by atoms with Gasteiger partial charge in [0, 0.05) is 12.4 Å². The molecule has 0 radical (unpaired) electrons. The molecule has 1 aromatic heterocycles. The summed E-state index contributed by atoms with van der Waals surface area (Å²) in [4.78, 5) is 8.53. The van der Waals surface area contributed by atoms with E-state index in [9.17, 15) is 0 Å². The minimum absolute atomic E-state index is 0.371. The Balaban J connectivity index is 2.04. The van der Waals surface area contributed by atoms with E-state index in [0.717, 1.165) is 11.0 Å². The predicted molar refractivity (Wildman–Crippen MR) is 79.7 cm³/mol. The van der Waals surface area contributed by atoms with Crippen LogP contribution in [0.4, 0.5) is 5.69 Å². The standard InChI is InChI=1S/C14H18BN3O2/c1-13(2)14(3,4)20-15(19-13)9-7-10(16)12-11(8-9)17-5-6-18-12/h5-8H,16H2,1-4H3. The van der Waals surface area contributed by atoms with Crippen LogP contribution >= 0.6 is 0 Å². The Labute approximate surface area is 118 Å². The molecule has 0 amide bonds. The molecule has 1 aromatic carbocycles. The largest absolute Gasteiger partial charge is 0.494 e. The first kappa shape index (κ1) is 13.3. The van der Waals surface area contributed by atoms with E-state index >= 15 is 0 Å². The van der Waals surface area contributed by atoms with Gasteiger partial charge in [-0.05, 0) is 45.3 Å². The summed E-state index contributed by atoms with van der Waals surface area (Å²) in [6, 6.07) is 3.76. The molecule has 2 aromatic rings. The lowest BCUT2D eigenvalue weighted by atomic mass is 9.78. The lowest BCUT2D eigenvalue weighted by Gasteiger charge is -2.32. The molecule has 0 bridgehead atoms. The third-order valence-corrected chi connectivity index (χ3v) is 4.15. The van der Waals surface area contributed by atoms with Gasteiger partial charge in [-0.2, -0.15) is 0 Å². The molecule has 0 atom stereocenters. The molecular weight excluding hydrogens is 253 g/mol. The monoisotopic (exact) mass is 271 g/mol. The summed E-state index contributed by atoms with van der Waals surface area (Å²) in [5.74, 6) is 0. The second kappa shape index (κ2) is 4.17. The minimum atomic E-state index is -0.436. The fraction of sp³-hybridized carbons (Fsp3) is 0.429. The van der Waals surface area contributed by atoms with E-state index in [-0.39, 0.29) is 11.2 Å². The molecule has 0 aliphatic carbocycles. The Morgan fingerprint density at radius 2 is 1.60 bits per heavy atom. The quantitative estimate of drug-likeness (QED) is 0.629. The second-order valence-electron chi connectivity index (χ2n) is 6.12. The van der Waals surface area contributed by atoms with E-state index in [1.54, 1.807) is 12.4 Å². The number of nitrogens with zero attached hydrogens (tertiary/aromatic N) is 2. The summed E-state index contributed by atoms with van der Waals surface area (Å²) in [5, 5.41) is 0. The van der Waals surface area contributed by atoms with Crippen LogP contribution in [0.2, 0.25) is 0 Å². The summed E-state index contributed by atoms with van der Waals surface area (Å²) in [6.45, 7) is 8.10. The van der Waals surface area contributed by atoms with E-state index in [2.05, 4.69) is 9.97 Å². The van der Waals surface area contributed by atoms with Crippen LogP contribution in [0.25, 0.3) is 11.0 Å². The maximum absolute atomic E-state index is 6.05. The predicted octanol–water partition coefficient (Wildman–Crippen LogP) is 1.51. The van der Waals surface area contributed by atoms with Crippen LogP contribution in [0.5, 0.6) is 0 Å². The Bertz CT molecular complexity index is 657. The molecule has 5 nitrogen and oxygen atoms in total. The molecule has 3 rings (SSSR count). The summed E-state index contributed by atoms with van der Waals surface area (Å²) in [5.41, 5.74) is 8.21. The molecule has 2 N–H and O–H groups in total. The summed E-state index contributed by atoms with van der Waals surface area (Å²) in [7, 11) is -0.436. The average Bonchev–Trinajstić information content (AvgIpc) is 2.58. The first-order chi connectivity index (χ1) is 9.30. The molecule has 0 unspecified atom stereocenters. The van der Waals surface area contributed by atoms with Crippen molar-refractivity contribution in [3.05, 3.63) is 24.5 Å². The first-order valence-corrected chi connectivity index (χ1v) is 6.66. The van der Waals surface area contributed by atoms with Gasteiger partial charge in [0.15, 0.2) is 0 Å². The first-order valence-electron chi connectivity index (χ1n) is 6.66. The van der Waals surface area contributed by atoms with Gasteiger partial charge in [0.25, 0.3) is 0 Å². The number of hydrogen-bond donors (Lipinski definition) is 1. The van der Waals surface area contributed by atoms with Gasteiger partial charge in [-0.1, -0.05) is 0 Å². The van der Waals surface area contributed by atoms with Gasteiger partial charge in [0.05, 0.1) is 22.4 Å². The van der Waals surface area contributed by atoms with Crippen LogP contribution in [-0.4, -0.2) is 28.3 Å². The van der Waals surface area contributed by atoms with Gasteiger partial charge >= 0.3 is 7.12 Å². The number of nitrogen functional groups attached to an aromatic ring is 1. The highest BCUT2D eigenvalue weighted by atomic mass is 16.7. The van der Waals surface area contributed by atoms with Crippen molar-refractivity contribution in [3.8, 4) is 0 Å². The van der Waals surface area contributed by atoms with Crippen LogP contribution in [0.15, 0.2) is 24.5 Å². The normalized spacial score (nSPS) is 20.5. The van der Waals surface area contributed by atoms with Gasteiger partial charge in [-0.3, -0.25) is 9.97 Å². The Morgan fingerprint density at radius 3 is 2.25 bits per heavy atom. The molecule has 20 heavy (non-hydrogen) atoms. The van der Waals surface area contributed by atoms with Gasteiger partial charge in [0.1, 0.15) is 5.52 Å². The average molecular weight is 271 g/mol. The van der Waals surface area contributed by atoms with Crippen LogP contribution < -0.4 is 11.2 Å². The number of aromatic nitrogens is 2. The van der Waals surface area contributed by atoms with Gasteiger partial charge in [-0.25, -0.2) is 0 Å². The lowest BCUT2D eigenvalue weighted by Crippen LogP contribution is -2.41. The zero-order valence-corrected chi connectivity index (χ0v) is 12.2. The van der Waals surface area contributed by atoms with Crippen molar-refractivity contribution in [2.24, 2.45) is 0 Å². The van der Waals surface area contributed by atoms with Crippen LogP contribution in [0.3, 0.4) is 0 Å². The molecule has 2 heterocycles. The topological polar surface area (TPSA) is 70.3 Å². The molecule has 0 saturated carbocycles. The summed E-state index contributed by atoms with van der Waals surface area (Å²) >= 11 is 0. The molecule has 1 saturated heterocycles. The van der Waals surface area contributed by atoms with Gasteiger partial charge in [0.2, 0.25) is 0 Å². The Hall–Kier alpha value is -1.66. The second-order valence-corrected chi connectivity index (χ2v) is 6.12. The number of rotatable bonds is 1. The fourth-order valence-electron chi connectivity index (χ4n) is 2.24. The third-order valence-electron chi connectivity index (χ3n) is 4.15. The molecule has 1 aliphatic rings. The zero-order valence-electron chi connectivity index (χ0n) is 12.2. The molecule has 0 spiro atoms. The van der Waals surface area contributed by atoms with Crippen LogP contribution in [-0.2, 0) is 9.31 Å². The van der Waals surface area contributed by atoms with Gasteiger partial charge in [-0.15, -0.1) is 0 Å². The van der Waals surface area contributed by atoms with E-state index < -0.39 is 7.12 Å². The zero-order chi connectivity index (χ0) is 14.5. The van der Waals surface area contributed by atoms with E-state index in [4.69, 9.17) is 15.0 Å². The van der Waals surface area contributed by atoms with Gasteiger partial charge < -0.3 is 15.0 Å². The van der Waals surface area contributed by atoms with Crippen molar-refractivity contribution >= 4 is 29.3 Å². The number of nitrogens with two attached hydrogens (primary N) is 1. The number of hydrogen-bond acceptors (Lipinski definition) is 5.